The SMILES string of the molecule is C1CC2CC(NC3C4C5CCC(C5)C34)CCN2C1. The maximum absolute atomic E-state index is 4.08. The van der Waals surface area contributed by atoms with E-state index in [1.807, 2.05) is 0 Å². The van der Waals surface area contributed by atoms with Gasteiger partial charge in [-0.3, -0.25) is 0 Å². The average molecular weight is 246 g/mol. The van der Waals surface area contributed by atoms with Crippen LogP contribution < -0.4 is 5.32 Å². The van der Waals surface area contributed by atoms with Gasteiger partial charge >= 0.3 is 0 Å². The Kier molecular flexibility index (Phi) is 2.21. The number of fused-ring (bicyclic) bond motifs is 6. The predicted octanol–water partition coefficient (Wildman–Crippen LogP) is 2.25. The Labute approximate surface area is 110 Å². The fraction of sp³-hybridized carbons (Fsp3) is 1.00. The van der Waals surface area contributed by atoms with Crippen molar-refractivity contribution < 1.29 is 0 Å². The van der Waals surface area contributed by atoms with Crippen molar-refractivity contribution in [2.45, 2.75) is 63.1 Å². The molecule has 2 nitrogen and oxygen atoms in total. The summed E-state index contributed by atoms with van der Waals surface area (Å²) in [6.07, 6.45) is 10.5. The van der Waals surface area contributed by atoms with Crippen LogP contribution in [0.4, 0.5) is 0 Å². The lowest BCUT2D eigenvalue weighted by atomic mass is 9.96. The van der Waals surface area contributed by atoms with Crippen molar-refractivity contribution in [1.29, 1.82) is 0 Å². The normalized spacial score (nSPS) is 57.7. The van der Waals surface area contributed by atoms with Crippen molar-refractivity contribution in [1.82, 2.24) is 10.2 Å². The first-order chi connectivity index (χ1) is 8.90. The minimum Gasteiger partial charge on any atom is -0.311 e. The molecule has 5 aliphatic rings. The molecule has 6 atom stereocenters. The molecular formula is C16H26N2. The maximum Gasteiger partial charge on any atom is 0.0138 e. The van der Waals surface area contributed by atoms with E-state index in [-0.39, 0.29) is 0 Å². The summed E-state index contributed by atoms with van der Waals surface area (Å²) in [6.45, 7) is 2.76. The highest BCUT2D eigenvalue weighted by Gasteiger charge is 2.65. The lowest BCUT2D eigenvalue weighted by molar-refractivity contribution is 0.163. The van der Waals surface area contributed by atoms with Gasteiger partial charge in [0.2, 0.25) is 0 Å². The molecule has 2 heterocycles. The second-order valence-electron chi connectivity index (χ2n) is 7.73. The first-order valence-electron chi connectivity index (χ1n) is 8.40. The molecule has 0 aromatic rings. The van der Waals surface area contributed by atoms with Crippen LogP contribution in [-0.2, 0) is 0 Å². The quantitative estimate of drug-likeness (QED) is 0.804. The van der Waals surface area contributed by atoms with E-state index in [1.165, 1.54) is 38.8 Å². The van der Waals surface area contributed by atoms with Gasteiger partial charge in [0.25, 0.3) is 0 Å². The molecule has 0 radical (unpaired) electrons. The molecule has 0 spiro atoms. The van der Waals surface area contributed by atoms with Gasteiger partial charge in [0, 0.05) is 18.1 Å². The Balaban J connectivity index is 1.22. The summed E-state index contributed by atoms with van der Waals surface area (Å²) in [5, 5.41) is 4.08. The zero-order chi connectivity index (χ0) is 11.7. The molecule has 2 heteroatoms. The van der Waals surface area contributed by atoms with Crippen LogP contribution in [0.3, 0.4) is 0 Å². The molecule has 5 rings (SSSR count). The molecule has 0 amide bonds. The molecular weight excluding hydrogens is 220 g/mol. The van der Waals surface area contributed by atoms with Crippen LogP contribution in [0, 0.1) is 23.7 Å². The van der Waals surface area contributed by atoms with Crippen molar-refractivity contribution in [3.8, 4) is 0 Å². The van der Waals surface area contributed by atoms with Crippen molar-refractivity contribution in [3.63, 3.8) is 0 Å². The number of hydrogen-bond donors (Lipinski definition) is 1. The van der Waals surface area contributed by atoms with E-state index in [4.69, 9.17) is 0 Å². The van der Waals surface area contributed by atoms with Gasteiger partial charge in [-0.25, -0.2) is 0 Å². The Morgan fingerprint density at radius 2 is 1.67 bits per heavy atom. The lowest BCUT2D eigenvalue weighted by Gasteiger charge is -2.35. The van der Waals surface area contributed by atoms with Gasteiger partial charge in [0.1, 0.15) is 0 Å². The molecule has 100 valence electrons. The van der Waals surface area contributed by atoms with E-state index in [1.54, 1.807) is 19.3 Å². The van der Waals surface area contributed by atoms with E-state index < -0.39 is 0 Å². The molecule has 1 N–H and O–H groups in total. The van der Waals surface area contributed by atoms with Gasteiger partial charge in [-0.2, -0.15) is 0 Å². The van der Waals surface area contributed by atoms with E-state index in [9.17, 15) is 0 Å². The van der Waals surface area contributed by atoms with E-state index >= 15 is 0 Å². The van der Waals surface area contributed by atoms with Crippen LogP contribution >= 0.6 is 0 Å². The van der Waals surface area contributed by atoms with Crippen molar-refractivity contribution in [2.24, 2.45) is 23.7 Å². The van der Waals surface area contributed by atoms with Crippen molar-refractivity contribution in [3.05, 3.63) is 0 Å². The Morgan fingerprint density at radius 1 is 0.833 bits per heavy atom. The summed E-state index contributed by atoms with van der Waals surface area (Å²) >= 11 is 0. The summed E-state index contributed by atoms with van der Waals surface area (Å²) < 4.78 is 0. The van der Waals surface area contributed by atoms with Crippen molar-refractivity contribution >= 4 is 0 Å². The molecule has 2 saturated heterocycles. The highest BCUT2D eigenvalue weighted by Crippen LogP contribution is 2.65. The van der Waals surface area contributed by atoms with E-state index in [0.717, 1.165) is 41.8 Å². The summed E-state index contributed by atoms with van der Waals surface area (Å²) in [5.74, 6) is 4.49. The summed E-state index contributed by atoms with van der Waals surface area (Å²) in [5.41, 5.74) is 0. The van der Waals surface area contributed by atoms with Crippen LogP contribution in [0.1, 0.15) is 44.9 Å². The first-order valence-corrected chi connectivity index (χ1v) is 8.40. The third-order valence-electron chi connectivity index (χ3n) is 6.98. The van der Waals surface area contributed by atoms with Crippen molar-refractivity contribution in [2.75, 3.05) is 13.1 Å². The van der Waals surface area contributed by atoms with Gasteiger partial charge in [-0.15, -0.1) is 0 Å². The van der Waals surface area contributed by atoms with Crippen LogP contribution in [-0.4, -0.2) is 36.1 Å². The fourth-order valence-corrected chi connectivity index (χ4v) is 6.20. The maximum atomic E-state index is 4.08. The number of hydrogen-bond acceptors (Lipinski definition) is 2. The molecule has 2 aliphatic heterocycles. The Morgan fingerprint density at radius 3 is 2.50 bits per heavy atom. The predicted molar refractivity (Wildman–Crippen MR) is 72.4 cm³/mol. The highest BCUT2D eigenvalue weighted by molar-refractivity contribution is 5.17. The number of nitrogens with zero attached hydrogens (tertiary/aromatic N) is 1. The minimum atomic E-state index is 0.861. The molecule has 3 aliphatic carbocycles. The molecule has 5 fully saturated rings. The Bertz CT molecular complexity index is 339. The second kappa shape index (κ2) is 3.73. The first kappa shape index (κ1) is 10.7. The standard InChI is InChI=1S/C16H26N2/c1-2-13-9-12(5-7-18(13)6-1)17-16-14-10-3-4-11(8-10)15(14)16/h10-17H,1-9H2. The van der Waals surface area contributed by atoms with Crippen LogP contribution in [0.15, 0.2) is 0 Å². The highest BCUT2D eigenvalue weighted by atomic mass is 15.2. The van der Waals surface area contributed by atoms with Gasteiger partial charge in [-0.05, 0) is 81.7 Å². The molecule has 3 saturated carbocycles. The zero-order valence-corrected chi connectivity index (χ0v) is 11.4. The summed E-state index contributed by atoms with van der Waals surface area (Å²) in [4.78, 5) is 2.75. The molecule has 0 aromatic carbocycles. The van der Waals surface area contributed by atoms with Crippen LogP contribution in [0.25, 0.3) is 0 Å². The monoisotopic (exact) mass is 246 g/mol. The fourth-order valence-electron chi connectivity index (χ4n) is 6.20. The number of rotatable bonds is 2. The topological polar surface area (TPSA) is 15.3 Å². The number of nitrogens with one attached hydrogen (secondary N) is 1. The largest absolute Gasteiger partial charge is 0.311 e. The zero-order valence-electron chi connectivity index (χ0n) is 11.4. The Hall–Kier alpha value is -0.0800. The van der Waals surface area contributed by atoms with Gasteiger partial charge in [0.05, 0.1) is 0 Å². The number of piperidine rings is 1. The van der Waals surface area contributed by atoms with Crippen LogP contribution in [0.5, 0.6) is 0 Å². The average Bonchev–Trinajstić information content (AvgIpc) is 2.83. The van der Waals surface area contributed by atoms with Crippen LogP contribution in [0.2, 0.25) is 0 Å². The summed E-state index contributed by atoms with van der Waals surface area (Å²) in [6, 6.07) is 2.75. The molecule has 18 heavy (non-hydrogen) atoms. The van der Waals surface area contributed by atoms with Gasteiger partial charge < -0.3 is 10.2 Å². The molecule has 0 aromatic heterocycles. The third-order valence-corrected chi connectivity index (χ3v) is 6.98. The van der Waals surface area contributed by atoms with Gasteiger partial charge in [-0.1, -0.05) is 0 Å². The minimum absolute atomic E-state index is 0.861. The molecule has 6 unspecified atom stereocenters. The summed E-state index contributed by atoms with van der Waals surface area (Å²) in [7, 11) is 0. The third kappa shape index (κ3) is 1.42. The smallest absolute Gasteiger partial charge is 0.0138 e. The molecule has 2 bridgehead atoms. The second-order valence-corrected chi connectivity index (χ2v) is 7.73. The lowest BCUT2D eigenvalue weighted by Crippen LogP contribution is -2.47. The van der Waals surface area contributed by atoms with E-state index in [2.05, 4.69) is 10.2 Å². The van der Waals surface area contributed by atoms with E-state index in [0.29, 0.717) is 0 Å². The van der Waals surface area contributed by atoms with Gasteiger partial charge in [0.15, 0.2) is 0 Å².